The lowest BCUT2D eigenvalue weighted by Crippen LogP contribution is -2.54. The molecule has 222 valence electrons. The van der Waals surface area contributed by atoms with Gasteiger partial charge >= 0.3 is 0 Å². The van der Waals surface area contributed by atoms with Crippen LogP contribution in [0.3, 0.4) is 0 Å². The van der Waals surface area contributed by atoms with E-state index in [-0.39, 0.29) is 41.9 Å². The molecule has 4 amide bonds. The molecule has 11 nitrogen and oxygen atoms in total. The summed E-state index contributed by atoms with van der Waals surface area (Å²) in [6, 6.07) is 12.2. The van der Waals surface area contributed by atoms with Crippen molar-refractivity contribution in [1.29, 1.82) is 0 Å². The number of hydrogen-bond donors (Lipinski definition) is 4. The molecule has 4 N–H and O–H groups in total. The van der Waals surface area contributed by atoms with Gasteiger partial charge in [-0.05, 0) is 43.7 Å². The zero-order valence-electron chi connectivity index (χ0n) is 23.5. The molecular weight excluding hydrogens is 556 g/mol. The number of nitrogens with zero attached hydrogens (tertiary/aromatic N) is 2. The molecule has 12 heteroatoms. The second-order valence-corrected chi connectivity index (χ2v) is 11.0. The van der Waals surface area contributed by atoms with Crippen molar-refractivity contribution in [1.82, 2.24) is 30.8 Å². The van der Waals surface area contributed by atoms with E-state index in [1.807, 2.05) is 30.3 Å². The van der Waals surface area contributed by atoms with Gasteiger partial charge in [0.1, 0.15) is 22.8 Å². The summed E-state index contributed by atoms with van der Waals surface area (Å²) in [5.41, 5.74) is 1.05. The zero-order valence-corrected chi connectivity index (χ0v) is 24.3. The lowest BCUT2D eigenvalue weighted by Gasteiger charge is -2.25. The summed E-state index contributed by atoms with van der Waals surface area (Å²) in [6.45, 7) is 2.35. The van der Waals surface area contributed by atoms with Crippen molar-refractivity contribution in [2.75, 3.05) is 6.54 Å². The predicted molar refractivity (Wildman–Crippen MR) is 159 cm³/mol. The minimum absolute atomic E-state index is 0.0114. The molecule has 0 unspecified atom stereocenters. The number of pyridine rings is 1. The Bertz CT molecular complexity index is 1440. The van der Waals surface area contributed by atoms with Crippen molar-refractivity contribution in [3.8, 4) is 0 Å². The molecule has 3 heterocycles. The van der Waals surface area contributed by atoms with Gasteiger partial charge in [0, 0.05) is 37.2 Å². The highest BCUT2D eigenvalue weighted by Gasteiger charge is 2.29. The lowest BCUT2D eigenvalue weighted by atomic mass is 10.0. The highest BCUT2D eigenvalue weighted by molar-refractivity contribution is 7.09. The minimum Gasteiger partial charge on any atom is -0.351 e. The summed E-state index contributed by atoms with van der Waals surface area (Å²) >= 11 is 1.30. The minimum atomic E-state index is -0.880. The van der Waals surface area contributed by atoms with Crippen LogP contribution in [-0.4, -0.2) is 51.8 Å². The molecule has 3 atom stereocenters. The Hall–Kier alpha value is -4.32. The van der Waals surface area contributed by atoms with Gasteiger partial charge in [-0.15, -0.1) is 11.3 Å². The molecule has 2 aromatic heterocycles. The SMILES string of the molecule is CC[C@H]1NC(=O)[C@@H](NC(=O)CCn2ccccc2=O)CCCCNC(=O)c2csc(n2)[C@H](Cc2ccccc2)NC1=O. The van der Waals surface area contributed by atoms with Crippen LogP contribution in [-0.2, 0) is 27.3 Å². The van der Waals surface area contributed by atoms with Gasteiger partial charge in [-0.1, -0.05) is 43.3 Å². The third-order valence-electron chi connectivity index (χ3n) is 7.03. The molecule has 42 heavy (non-hydrogen) atoms. The maximum atomic E-state index is 13.4. The van der Waals surface area contributed by atoms with Crippen molar-refractivity contribution in [3.63, 3.8) is 0 Å². The molecule has 0 saturated heterocycles. The number of rotatable bonds is 7. The normalized spacial score (nSPS) is 20.2. The predicted octanol–water partition coefficient (Wildman–Crippen LogP) is 2.09. The van der Waals surface area contributed by atoms with E-state index in [0.29, 0.717) is 43.7 Å². The molecule has 1 aromatic carbocycles. The topological polar surface area (TPSA) is 151 Å². The zero-order chi connectivity index (χ0) is 29.9. The molecule has 0 fully saturated rings. The maximum absolute atomic E-state index is 13.4. The van der Waals surface area contributed by atoms with Crippen LogP contribution in [0.4, 0.5) is 0 Å². The van der Waals surface area contributed by atoms with Crippen molar-refractivity contribution >= 4 is 35.0 Å². The van der Waals surface area contributed by atoms with Crippen LogP contribution in [0, 0.1) is 0 Å². The average molecular weight is 593 g/mol. The third kappa shape index (κ3) is 8.59. The first-order valence-electron chi connectivity index (χ1n) is 14.2. The van der Waals surface area contributed by atoms with Crippen LogP contribution < -0.4 is 26.8 Å². The third-order valence-corrected chi connectivity index (χ3v) is 7.99. The van der Waals surface area contributed by atoms with Crippen LogP contribution in [0.15, 0.2) is 64.9 Å². The van der Waals surface area contributed by atoms with Crippen molar-refractivity contribution in [3.05, 3.63) is 86.7 Å². The molecule has 1 aliphatic rings. The van der Waals surface area contributed by atoms with E-state index in [1.54, 1.807) is 30.6 Å². The summed E-state index contributed by atoms with van der Waals surface area (Å²) in [6.07, 6.45) is 3.83. The van der Waals surface area contributed by atoms with Gasteiger partial charge in [-0.2, -0.15) is 0 Å². The fourth-order valence-corrected chi connectivity index (χ4v) is 5.52. The number of carbonyl (C=O) groups is 4. The van der Waals surface area contributed by atoms with Crippen LogP contribution in [0.2, 0.25) is 0 Å². The van der Waals surface area contributed by atoms with Gasteiger partial charge in [0.2, 0.25) is 17.7 Å². The molecule has 0 aliphatic carbocycles. The van der Waals surface area contributed by atoms with Crippen LogP contribution in [0.1, 0.15) is 66.1 Å². The Morgan fingerprint density at radius 2 is 1.76 bits per heavy atom. The number of nitrogens with one attached hydrogen (secondary N) is 4. The molecule has 3 aromatic rings. The van der Waals surface area contributed by atoms with Gasteiger partial charge in [0.25, 0.3) is 11.5 Å². The second kappa shape index (κ2) is 15.1. The number of thiazole rings is 1. The first-order chi connectivity index (χ1) is 20.3. The molecule has 1 aliphatic heterocycles. The summed E-state index contributed by atoms with van der Waals surface area (Å²) in [5.74, 6) is -1.53. The summed E-state index contributed by atoms with van der Waals surface area (Å²) in [5, 5.41) is 13.7. The van der Waals surface area contributed by atoms with Gasteiger partial charge < -0.3 is 25.8 Å². The van der Waals surface area contributed by atoms with E-state index < -0.39 is 24.0 Å². The number of fused-ring (bicyclic) bond motifs is 2. The quantitative estimate of drug-likeness (QED) is 0.330. The average Bonchev–Trinajstić information content (AvgIpc) is 3.49. The smallest absolute Gasteiger partial charge is 0.270 e. The Balaban J connectivity index is 1.50. The number of aryl methyl sites for hydroxylation is 1. The summed E-state index contributed by atoms with van der Waals surface area (Å²) in [4.78, 5) is 68.8. The molecule has 2 bridgehead atoms. The molecule has 0 saturated carbocycles. The van der Waals surface area contributed by atoms with Gasteiger partial charge in [0.15, 0.2) is 0 Å². The van der Waals surface area contributed by atoms with Gasteiger partial charge in [-0.25, -0.2) is 4.98 Å². The van der Waals surface area contributed by atoms with E-state index in [1.165, 1.54) is 22.0 Å². The van der Waals surface area contributed by atoms with Gasteiger partial charge in [-0.3, -0.25) is 24.0 Å². The second-order valence-electron chi connectivity index (χ2n) is 10.1. The number of amides is 4. The van der Waals surface area contributed by atoms with Crippen molar-refractivity contribution < 1.29 is 19.2 Å². The molecule has 0 radical (unpaired) electrons. The van der Waals surface area contributed by atoms with E-state index >= 15 is 0 Å². The summed E-state index contributed by atoms with van der Waals surface area (Å²) in [7, 11) is 0. The maximum Gasteiger partial charge on any atom is 0.270 e. The largest absolute Gasteiger partial charge is 0.351 e. The number of hydrogen-bond acceptors (Lipinski definition) is 7. The van der Waals surface area contributed by atoms with Gasteiger partial charge in [0.05, 0.1) is 6.04 Å². The van der Waals surface area contributed by atoms with E-state index in [0.717, 1.165) is 5.56 Å². The highest BCUT2D eigenvalue weighted by atomic mass is 32.1. The monoisotopic (exact) mass is 592 g/mol. The standard InChI is InChI=1S/C30H36N6O5S/c1-2-21-28(40)34-23(18-20-10-4-3-5-11-20)30-35-24(19-42-30)27(39)31-15-8-6-12-22(29(41)33-21)32-25(37)14-17-36-16-9-7-13-26(36)38/h3-5,7,9-11,13,16,19,21-23H,2,6,8,12,14-15,17-18H2,1H3,(H,31,39)(H,32,37)(H,33,41)(H,34,40)/t21-,22+,23+/m1/s1. The fraction of sp³-hybridized carbons (Fsp3) is 0.400. The fourth-order valence-electron chi connectivity index (χ4n) is 4.67. The van der Waals surface area contributed by atoms with Crippen molar-refractivity contribution in [2.24, 2.45) is 0 Å². The highest BCUT2D eigenvalue weighted by Crippen LogP contribution is 2.23. The Labute approximate surface area is 248 Å². The van der Waals surface area contributed by atoms with E-state index in [9.17, 15) is 24.0 Å². The summed E-state index contributed by atoms with van der Waals surface area (Å²) < 4.78 is 1.43. The number of aromatic nitrogens is 2. The Kier molecular flexibility index (Phi) is 11.0. The van der Waals surface area contributed by atoms with E-state index in [4.69, 9.17) is 0 Å². The van der Waals surface area contributed by atoms with Crippen LogP contribution >= 0.6 is 11.3 Å². The number of benzene rings is 1. The number of carbonyl (C=O) groups excluding carboxylic acids is 4. The Morgan fingerprint density at radius 3 is 2.52 bits per heavy atom. The van der Waals surface area contributed by atoms with Crippen molar-refractivity contribution in [2.45, 2.75) is 70.1 Å². The molecule has 0 spiro atoms. The Morgan fingerprint density at radius 1 is 1.00 bits per heavy atom. The first-order valence-corrected chi connectivity index (χ1v) is 15.0. The molecular formula is C30H36N6O5S. The van der Waals surface area contributed by atoms with Crippen LogP contribution in [0.5, 0.6) is 0 Å². The van der Waals surface area contributed by atoms with E-state index in [2.05, 4.69) is 26.3 Å². The lowest BCUT2D eigenvalue weighted by molar-refractivity contribution is -0.132. The van der Waals surface area contributed by atoms with Crippen LogP contribution in [0.25, 0.3) is 0 Å². The molecule has 4 rings (SSSR count). The first kappa shape index (κ1) is 30.6.